The summed E-state index contributed by atoms with van der Waals surface area (Å²) in [5.74, 6) is 0. The van der Waals surface area contributed by atoms with Crippen molar-refractivity contribution in [2.24, 2.45) is 0 Å². The van der Waals surface area contributed by atoms with Gasteiger partial charge in [-0.15, -0.1) is 11.3 Å². The lowest BCUT2D eigenvalue weighted by Crippen LogP contribution is -2.39. The molecule has 2 amide bonds. The topological polar surface area (TPSA) is 97.3 Å². The normalized spacial score (nSPS) is 10.8. The number of hydrogen-bond acceptors (Lipinski definition) is 7. The van der Waals surface area contributed by atoms with Crippen LogP contribution in [-0.4, -0.2) is 25.9 Å². The summed E-state index contributed by atoms with van der Waals surface area (Å²) < 4.78 is 9.95. The van der Waals surface area contributed by atoms with Gasteiger partial charge in [-0.05, 0) is 12.8 Å². The zero-order valence-electron chi connectivity index (χ0n) is 13.8. The lowest BCUT2D eigenvalue weighted by Gasteiger charge is -2.20. The standard InChI is InChI=1S/C16H19N5O3S/c1-2-3-15-20-12(9-25-15)4-17-16(22)21(5-13-7-23-10-18-13)6-14-8-24-11-19-14/h7-11H,2-6H2,1H3,(H,17,22). The molecule has 0 atom stereocenters. The van der Waals surface area contributed by atoms with Gasteiger partial charge in [-0.25, -0.2) is 19.7 Å². The second kappa shape index (κ2) is 8.43. The van der Waals surface area contributed by atoms with E-state index in [4.69, 9.17) is 8.83 Å². The van der Waals surface area contributed by atoms with E-state index in [1.54, 1.807) is 16.2 Å². The quantitative estimate of drug-likeness (QED) is 0.662. The molecule has 0 spiro atoms. The number of aryl methyl sites for hydroxylation is 1. The molecule has 25 heavy (non-hydrogen) atoms. The second-order valence-corrected chi connectivity index (χ2v) is 6.40. The number of amides is 2. The fraction of sp³-hybridized carbons (Fsp3) is 0.375. The third-order valence-electron chi connectivity index (χ3n) is 3.44. The Morgan fingerprint density at radius 1 is 1.16 bits per heavy atom. The molecule has 0 radical (unpaired) electrons. The number of rotatable bonds is 8. The minimum absolute atomic E-state index is 0.226. The van der Waals surface area contributed by atoms with Gasteiger partial charge in [0.1, 0.15) is 12.5 Å². The van der Waals surface area contributed by atoms with Crippen LogP contribution in [0.5, 0.6) is 0 Å². The highest BCUT2D eigenvalue weighted by atomic mass is 32.1. The van der Waals surface area contributed by atoms with Crippen LogP contribution in [-0.2, 0) is 26.1 Å². The number of carbonyl (C=O) groups is 1. The summed E-state index contributed by atoms with van der Waals surface area (Å²) in [4.78, 5) is 26.8. The summed E-state index contributed by atoms with van der Waals surface area (Å²) in [7, 11) is 0. The van der Waals surface area contributed by atoms with Crippen LogP contribution in [0.3, 0.4) is 0 Å². The highest BCUT2D eigenvalue weighted by molar-refractivity contribution is 7.09. The first-order valence-corrected chi connectivity index (χ1v) is 8.82. The maximum absolute atomic E-state index is 12.6. The number of thiazole rings is 1. The summed E-state index contributed by atoms with van der Waals surface area (Å²) in [5, 5.41) is 5.96. The predicted octanol–water partition coefficient (Wildman–Crippen LogP) is 2.98. The SMILES string of the molecule is CCCc1nc(CNC(=O)N(Cc2cocn2)Cc2cocn2)cs1. The Kier molecular flexibility index (Phi) is 5.78. The van der Waals surface area contributed by atoms with Gasteiger partial charge in [0, 0.05) is 5.38 Å². The summed E-state index contributed by atoms with van der Waals surface area (Å²) >= 11 is 1.62. The van der Waals surface area contributed by atoms with E-state index in [-0.39, 0.29) is 6.03 Å². The lowest BCUT2D eigenvalue weighted by molar-refractivity contribution is 0.190. The predicted molar refractivity (Wildman–Crippen MR) is 90.6 cm³/mol. The molecule has 0 aliphatic heterocycles. The average Bonchev–Trinajstić information content (AvgIpc) is 3.35. The van der Waals surface area contributed by atoms with E-state index in [2.05, 4.69) is 27.2 Å². The summed E-state index contributed by atoms with van der Waals surface area (Å²) in [6.45, 7) is 3.13. The van der Waals surface area contributed by atoms with Gasteiger partial charge in [0.15, 0.2) is 12.8 Å². The van der Waals surface area contributed by atoms with Crippen LogP contribution in [0.25, 0.3) is 0 Å². The maximum atomic E-state index is 12.6. The van der Waals surface area contributed by atoms with Crippen LogP contribution in [0.4, 0.5) is 4.79 Å². The fourth-order valence-electron chi connectivity index (χ4n) is 2.26. The van der Waals surface area contributed by atoms with Crippen molar-refractivity contribution in [1.29, 1.82) is 0 Å². The van der Waals surface area contributed by atoms with Gasteiger partial charge >= 0.3 is 6.03 Å². The molecule has 0 saturated carbocycles. The van der Waals surface area contributed by atoms with Crippen molar-refractivity contribution in [3.63, 3.8) is 0 Å². The molecule has 3 rings (SSSR count). The van der Waals surface area contributed by atoms with Crippen LogP contribution in [0.15, 0.2) is 39.5 Å². The lowest BCUT2D eigenvalue weighted by atomic mass is 10.3. The third-order valence-corrected chi connectivity index (χ3v) is 4.40. The first-order valence-electron chi connectivity index (χ1n) is 7.94. The average molecular weight is 361 g/mol. The maximum Gasteiger partial charge on any atom is 0.318 e. The van der Waals surface area contributed by atoms with Crippen LogP contribution in [0, 0.1) is 0 Å². The number of nitrogens with zero attached hydrogens (tertiary/aromatic N) is 4. The molecule has 8 nitrogen and oxygen atoms in total. The molecule has 9 heteroatoms. The molecule has 0 saturated heterocycles. The van der Waals surface area contributed by atoms with Crippen LogP contribution >= 0.6 is 11.3 Å². The van der Waals surface area contributed by atoms with E-state index in [0.717, 1.165) is 23.5 Å². The summed E-state index contributed by atoms with van der Waals surface area (Å²) in [6, 6.07) is -0.226. The van der Waals surface area contributed by atoms with Crippen molar-refractivity contribution in [3.05, 3.63) is 52.8 Å². The van der Waals surface area contributed by atoms with Crippen molar-refractivity contribution >= 4 is 17.4 Å². The molecule has 3 aromatic rings. The van der Waals surface area contributed by atoms with Gasteiger partial charge in [0.05, 0.1) is 41.7 Å². The van der Waals surface area contributed by atoms with Gasteiger partial charge in [-0.2, -0.15) is 0 Å². The first-order chi connectivity index (χ1) is 12.2. The Morgan fingerprint density at radius 2 is 1.84 bits per heavy atom. The largest absolute Gasteiger partial charge is 0.451 e. The number of hydrogen-bond donors (Lipinski definition) is 1. The molecule has 0 aromatic carbocycles. The van der Waals surface area contributed by atoms with E-state index in [9.17, 15) is 4.79 Å². The molecule has 3 heterocycles. The van der Waals surface area contributed by atoms with E-state index < -0.39 is 0 Å². The zero-order valence-corrected chi connectivity index (χ0v) is 14.7. The van der Waals surface area contributed by atoms with Gasteiger partial charge in [0.25, 0.3) is 0 Å². The number of nitrogens with one attached hydrogen (secondary N) is 1. The minimum atomic E-state index is -0.226. The van der Waals surface area contributed by atoms with E-state index in [1.807, 2.05) is 5.38 Å². The number of aromatic nitrogens is 3. The molecular formula is C16H19N5O3S. The molecule has 3 aromatic heterocycles. The Labute approximate surface area is 148 Å². The van der Waals surface area contributed by atoms with E-state index in [0.29, 0.717) is 31.0 Å². The smallest absolute Gasteiger partial charge is 0.318 e. The van der Waals surface area contributed by atoms with Crippen molar-refractivity contribution in [2.75, 3.05) is 0 Å². The van der Waals surface area contributed by atoms with Crippen molar-refractivity contribution in [3.8, 4) is 0 Å². The second-order valence-electron chi connectivity index (χ2n) is 5.46. The number of urea groups is 1. The minimum Gasteiger partial charge on any atom is -0.451 e. The monoisotopic (exact) mass is 361 g/mol. The zero-order chi connectivity index (χ0) is 17.5. The van der Waals surface area contributed by atoms with Crippen LogP contribution in [0.2, 0.25) is 0 Å². The number of carbonyl (C=O) groups excluding carboxylic acids is 1. The highest BCUT2D eigenvalue weighted by Gasteiger charge is 2.17. The molecule has 0 fully saturated rings. The molecule has 0 bridgehead atoms. The Hall–Kier alpha value is -2.68. The highest BCUT2D eigenvalue weighted by Crippen LogP contribution is 2.12. The van der Waals surface area contributed by atoms with Crippen molar-refractivity contribution < 1.29 is 13.6 Å². The molecule has 0 unspecified atom stereocenters. The Bertz CT molecular complexity index is 733. The van der Waals surface area contributed by atoms with Crippen LogP contribution in [0.1, 0.15) is 35.4 Å². The molecule has 1 N–H and O–H groups in total. The van der Waals surface area contributed by atoms with Crippen LogP contribution < -0.4 is 5.32 Å². The summed E-state index contributed by atoms with van der Waals surface area (Å²) in [6.07, 6.45) is 7.73. The molecule has 0 aliphatic carbocycles. The van der Waals surface area contributed by atoms with Gasteiger partial charge in [0.2, 0.25) is 0 Å². The first kappa shape index (κ1) is 17.2. The molecule has 0 aliphatic rings. The third kappa shape index (κ3) is 4.90. The van der Waals surface area contributed by atoms with Crippen molar-refractivity contribution in [2.45, 2.75) is 39.4 Å². The Balaban J connectivity index is 1.61. The molecular weight excluding hydrogens is 342 g/mol. The van der Waals surface area contributed by atoms with Crippen molar-refractivity contribution in [1.82, 2.24) is 25.2 Å². The number of oxazole rings is 2. The fourth-order valence-corrected chi connectivity index (χ4v) is 3.16. The molecule has 132 valence electrons. The van der Waals surface area contributed by atoms with Gasteiger partial charge in [-0.1, -0.05) is 6.92 Å². The van der Waals surface area contributed by atoms with Gasteiger partial charge < -0.3 is 19.1 Å². The Morgan fingerprint density at radius 3 is 2.40 bits per heavy atom. The van der Waals surface area contributed by atoms with Gasteiger partial charge in [-0.3, -0.25) is 0 Å². The van der Waals surface area contributed by atoms with E-state index >= 15 is 0 Å². The summed E-state index contributed by atoms with van der Waals surface area (Å²) in [5.41, 5.74) is 2.19. The van der Waals surface area contributed by atoms with E-state index in [1.165, 1.54) is 25.3 Å².